The van der Waals surface area contributed by atoms with E-state index in [1.54, 1.807) is 0 Å². The van der Waals surface area contributed by atoms with Crippen LogP contribution in [0.5, 0.6) is 0 Å². The summed E-state index contributed by atoms with van der Waals surface area (Å²) in [5, 5.41) is 0. The van der Waals surface area contributed by atoms with Gasteiger partial charge in [-0.1, -0.05) is 0 Å². The van der Waals surface area contributed by atoms with E-state index in [-0.39, 0.29) is 0 Å². The number of aromatic nitrogens is 3. The molecule has 3 nitrogen and oxygen atoms in total. The molecule has 18 heavy (non-hydrogen) atoms. The van der Waals surface area contributed by atoms with Crippen LogP contribution in [0, 0.1) is 6.92 Å². The fraction of sp³-hybridized carbons (Fsp3) is 0.538. The normalized spacial score (nSPS) is 17.3. The van der Waals surface area contributed by atoms with Gasteiger partial charge in [0.2, 0.25) is 0 Å². The van der Waals surface area contributed by atoms with Crippen molar-refractivity contribution >= 4 is 34.5 Å². The zero-order chi connectivity index (χ0) is 12.8. The van der Waals surface area contributed by atoms with Gasteiger partial charge in [-0.3, -0.25) is 0 Å². The smallest absolute Gasteiger partial charge is 0.160 e. The number of aryl methyl sites for hydroxylation is 1. The van der Waals surface area contributed by atoms with Crippen LogP contribution in [0.4, 0.5) is 0 Å². The zero-order valence-corrected chi connectivity index (χ0v) is 12.2. The Kier molecular flexibility index (Phi) is 3.02. The van der Waals surface area contributed by atoms with Crippen molar-refractivity contribution in [2.75, 3.05) is 6.26 Å². The Morgan fingerprint density at radius 3 is 2.78 bits per heavy atom. The molecular formula is C13H16ClN3S. The number of rotatable bonds is 4. The number of nitrogens with zero attached hydrogens (tertiary/aromatic N) is 3. The molecule has 1 aliphatic carbocycles. The predicted molar refractivity (Wildman–Crippen MR) is 77.3 cm³/mol. The van der Waals surface area contributed by atoms with Gasteiger partial charge < -0.3 is 4.57 Å². The second kappa shape index (κ2) is 4.42. The summed E-state index contributed by atoms with van der Waals surface area (Å²) in [6.45, 7) is 2.99. The SMILES string of the molecule is CSC1(Cn2c(CCl)nc3ccc(C)nc32)CC1. The molecule has 96 valence electrons. The highest BCUT2D eigenvalue weighted by molar-refractivity contribution is 8.00. The first-order valence-electron chi connectivity index (χ1n) is 6.11. The zero-order valence-electron chi connectivity index (χ0n) is 10.6. The van der Waals surface area contributed by atoms with Gasteiger partial charge in [-0.2, -0.15) is 11.8 Å². The van der Waals surface area contributed by atoms with Gasteiger partial charge in [-0.05, 0) is 38.2 Å². The standard InChI is InChI=1S/C13H16ClN3S/c1-9-3-4-10-12(15-9)17(11(7-14)16-10)8-13(18-2)5-6-13/h3-4H,5-8H2,1-2H3. The van der Waals surface area contributed by atoms with Crippen molar-refractivity contribution in [1.82, 2.24) is 14.5 Å². The van der Waals surface area contributed by atoms with Crippen LogP contribution in [-0.2, 0) is 12.4 Å². The molecular weight excluding hydrogens is 266 g/mol. The highest BCUT2D eigenvalue weighted by atomic mass is 35.5. The monoisotopic (exact) mass is 281 g/mol. The van der Waals surface area contributed by atoms with Gasteiger partial charge in [0.05, 0.1) is 5.88 Å². The number of fused-ring (bicyclic) bond motifs is 1. The van der Waals surface area contributed by atoms with E-state index in [1.165, 1.54) is 12.8 Å². The quantitative estimate of drug-likeness (QED) is 0.805. The van der Waals surface area contributed by atoms with Crippen molar-refractivity contribution in [3.05, 3.63) is 23.7 Å². The van der Waals surface area contributed by atoms with Crippen LogP contribution in [0.2, 0.25) is 0 Å². The number of thioether (sulfide) groups is 1. The highest BCUT2D eigenvalue weighted by Gasteiger charge is 2.42. The van der Waals surface area contributed by atoms with Crippen LogP contribution in [0.3, 0.4) is 0 Å². The molecule has 0 unspecified atom stereocenters. The molecule has 0 radical (unpaired) electrons. The van der Waals surface area contributed by atoms with Crippen LogP contribution >= 0.6 is 23.4 Å². The predicted octanol–water partition coefficient (Wildman–Crippen LogP) is 3.37. The molecule has 0 atom stereocenters. The van der Waals surface area contributed by atoms with Crippen molar-refractivity contribution in [2.45, 2.75) is 36.9 Å². The minimum absolute atomic E-state index is 0.389. The maximum Gasteiger partial charge on any atom is 0.160 e. The second-order valence-electron chi connectivity index (χ2n) is 4.93. The summed E-state index contributed by atoms with van der Waals surface area (Å²) in [6, 6.07) is 4.03. The van der Waals surface area contributed by atoms with Crippen molar-refractivity contribution in [3.8, 4) is 0 Å². The molecule has 1 fully saturated rings. The minimum atomic E-state index is 0.389. The third-order valence-corrected chi connectivity index (χ3v) is 5.26. The average molecular weight is 282 g/mol. The largest absolute Gasteiger partial charge is 0.310 e. The lowest BCUT2D eigenvalue weighted by molar-refractivity contribution is 0.650. The summed E-state index contributed by atoms with van der Waals surface area (Å²) < 4.78 is 2.60. The van der Waals surface area contributed by atoms with E-state index in [4.69, 9.17) is 11.6 Å². The molecule has 0 bridgehead atoms. The summed E-state index contributed by atoms with van der Waals surface area (Å²) in [7, 11) is 0. The van der Waals surface area contributed by atoms with Crippen molar-refractivity contribution in [2.24, 2.45) is 0 Å². The topological polar surface area (TPSA) is 30.7 Å². The first kappa shape index (κ1) is 12.3. The van der Waals surface area contributed by atoms with Gasteiger partial charge in [-0.25, -0.2) is 9.97 Å². The minimum Gasteiger partial charge on any atom is -0.310 e. The van der Waals surface area contributed by atoms with Gasteiger partial charge in [0.25, 0.3) is 0 Å². The Labute approximate surface area is 116 Å². The van der Waals surface area contributed by atoms with Gasteiger partial charge in [0, 0.05) is 17.0 Å². The molecule has 0 spiro atoms. The van der Waals surface area contributed by atoms with E-state index in [0.29, 0.717) is 10.6 Å². The molecule has 0 amide bonds. The molecule has 2 heterocycles. The number of imidazole rings is 1. The molecule has 0 N–H and O–H groups in total. The first-order chi connectivity index (χ1) is 8.67. The maximum atomic E-state index is 6.02. The van der Waals surface area contributed by atoms with Crippen molar-refractivity contribution in [3.63, 3.8) is 0 Å². The van der Waals surface area contributed by atoms with E-state index in [0.717, 1.165) is 29.2 Å². The fourth-order valence-electron chi connectivity index (χ4n) is 2.27. The second-order valence-corrected chi connectivity index (χ2v) is 6.47. The average Bonchev–Trinajstić information content (AvgIpc) is 3.08. The van der Waals surface area contributed by atoms with E-state index in [1.807, 2.05) is 30.8 Å². The van der Waals surface area contributed by atoms with Crippen LogP contribution in [0.1, 0.15) is 24.4 Å². The fourth-order valence-corrected chi connectivity index (χ4v) is 3.24. The third-order valence-electron chi connectivity index (χ3n) is 3.62. The van der Waals surface area contributed by atoms with Crippen LogP contribution in [-0.4, -0.2) is 25.5 Å². The Balaban J connectivity index is 2.09. The number of alkyl halides is 1. The van der Waals surface area contributed by atoms with E-state index in [9.17, 15) is 0 Å². The Morgan fingerprint density at radius 2 is 2.17 bits per heavy atom. The lowest BCUT2D eigenvalue weighted by Crippen LogP contribution is -2.16. The summed E-state index contributed by atoms with van der Waals surface area (Å²) in [5.41, 5.74) is 2.96. The van der Waals surface area contributed by atoms with Crippen molar-refractivity contribution < 1.29 is 0 Å². The molecule has 0 aliphatic heterocycles. The molecule has 1 aliphatic rings. The van der Waals surface area contributed by atoms with Gasteiger partial charge in [-0.15, -0.1) is 11.6 Å². The summed E-state index contributed by atoms with van der Waals surface area (Å²) in [6.07, 6.45) is 4.74. The number of hydrogen-bond donors (Lipinski definition) is 0. The molecule has 0 aromatic carbocycles. The lowest BCUT2D eigenvalue weighted by atomic mass is 10.3. The van der Waals surface area contributed by atoms with E-state index in [2.05, 4.69) is 20.8 Å². The maximum absolute atomic E-state index is 6.02. The first-order valence-corrected chi connectivity index (χ1v) is 7.87. The Bertz CT molecular complexity index is 589. The van der Waals surface area contributed by atoms with Crippen LogP contribution in [0.25, 0.3) is 11.2 Å². The molecule has 3 rings (SSSR count). The molecule has 5 heteroatoms. The van der Waals surface area contributed by atoms with Crippen molar-refractivity contribution in [1.29, 1.82) is 0 Å². The number of pyridine rings is 1. The third kappa shape index (κ3) is 2.01. The molecule has 0 saturated heterocycles. The number of hydrogen-bond acceptors (Lipinski definition) is 3. The van der Waals surface area contributed by atoms with Crippen LogP contribution < -0.4 is 0 Å². The summed E-state index contributed by atoms with van der Waals surface area (Å²) in [5.74, 6) is 1.38. The molecule has 2 aromatic heterocycles. The molecule has 1 saturated carbocycles. The van der Waals surface area contributed by atoms with Crippen LogP contribution in [0.15, 0.2) is 12.1 Å². The van der Waals surface area contributed by atoms with E-state index >= 15 is 0 Å². The Morgan fingerprint density at radius 1 is 1.39 bits per heavy atom. The van der Waals surface area contributed by atoms with Gasteiger partial charge in [0.15, 0.2) is 5.65 Å². The highest BCUT2D eigenvalue weighted by Crippen LogP contribution is 2.48. The lowest BCUT2D eigenvalue weighted by Gasteiger charge is -2.15. The number of halogens is 1. The van der Waals surface area contributed by atoms with Gasteiger partial charge >= 0.3 is 0 Å². The van der Waals surface area contributed by atoms with Gasteiger partial charge in [0.1, 0.15) is 11.3 Å². The summed E-state index contributed by atoms with van der Waals surface area (Å²) in [4.78, 5) is 9.20. The molecule has 2 aromatic rings. The Hall–Kier alpha value is -0.740. The van der Waals surface area contributed by atoms with E-state index < -0.39 is 0 Å². The summed E-state index contributed by atoms with van der Waals surface area (Å²) >= 11 is 7.97.